The Morgan fingerprint density at radius 2 is 2.05 bits per heavy atom. The number of ether oxygens (including phenoxy) is 1. The molecule has 2 bridgehead atoms. The Balaban J connectivity index is 1.57. The van der Waals surface area contributed by atoms with E-state index in [1.807, 2.05) is 0 Å². The molecule has 1 heterocycles. The maximum absolute atomic E-state index is 6.33. The third-order valence-corrected chi connectivity index (χ3v) is 5.28. The molecule has 104 valence electrons. The van der Waals surface area contributed by atoms with Crippen molar-refractivity contribution in [3.8, 4) is 0 Å². The molecule has 0 saturated heterocycles. The van der Waals surface area contributed by atoms with Gasteiger partial charge < -0.3 is 15.0 Å². The largest absolute Gasteiger partial charge is 0.373 e. The Hall–Kier alpha value is -0.940. The Labute approximate surface area is 112 Å². The van der Waals surface area contributed by atoms with Crippen LogP contribution >= 0.6 is 0 Å². The maximum atomic E-state index is 6.33. The summed E-state index contributed by atoms with van der Waals surface area (Å²) in [4.78, 5) is 4.61. The highest BCUT2D eigenvalue weighted by atomic mass is 16.5. The third-order valence-electron chi connectivity index (χ3n) is 5.28. The minimum absolute atomic E-state index is 0.00677. The molecule has 2 N–H and O–H groups in total. The highest BCUT2D eigenvalue weighted by Gasteiger charge is 2.49. The van der Waals surface area contributed by atoms with Crippen LogP contribution in [-0.2, 0) is 4.74 Å². The second-order valence-corrected chi connectivity index (χ2v) is 6.42. The molecule has 3 aliphatic rings. The van der Waals surface area contributed by atoms with Crippen molar-refractivity contribution in [1.82, 2.24) is 10.1 Å². The number of fused-ring (bicyclic) bond motifs is 2. The zero-order valence-corrected chi connectivity index (χ0v) is 11.3. The van der Waals surface area contributed by atoms with Crippen molar-refractivity contribution in [2.24, 2.45) is 23.5 Å². The Kier molecular flexibility index (Phi) is 2.67. The fraction of sp³-hybridized carbons (Fsp3) is 0.857. The zero-order valence-electron chi connectivity index (χ0n) is 11.3. The molecule has 0 amide bonds. The number of hydrogen-bond acceptors (Lipinski definition) is 5. The van der Waals surface area contributed by atoms with Gasteiger partial charge in [-0.15, -0.1) is 0 Å². The van der Waals surface area contributed by atoms with Gasteiger partial charge in [0, 0.05) is 13.2 Å². The van der Waals surface area contributed by atoms with Crippen molar-refractivity contribution in [3.05, 3.63) is 11.7 Å². The van der Waals surface area contributed by atoms with E-state index >= 15 is 0 Å². The van der Waals surface area contributed by atoms with E-state index in [9.17, 15) is 0 Å². The molecule has 5 atom stereocenters. The van der Waals surface area contributed by atoms with Crippen molar-refractivity contribution < 1.29 is 9.26 Å². The second kappa shape index (κ2) is 4.28. The topological polar surface area (TPSA) is 74.2 Å². The molecule has 0 aliphatic heterocycles. The van der Waals surface area contributed by atoms with E-state index in [4.69, 9.17) is 15.0 Å². The number of nitrogens with zero attached hydrogens (tertiary/aromatic N) is 2. The average Bonchev–Trinajstić information content (AvgIpc) is 2.86. The van der Waals surface area contributed by atoms with Crippen LogP contribution in [0.15, 0.2) is 4.52 Å². The van der Waals surface area contributed by atoms with Crippen LogP contribution in [0, 0.1) is 17.8 Å². The predicted molar refractivity (Wildman–Crippen MR) is 68.3 cm³/mol. The van der Waals surface area contributed by atoms with Crippen LogP contribution in [0.5, 0.6) is 0 Å². The van der Waals surface area contributed by atoms with E-state index in [-0.39, 0.29) is 18.1 Å². The lowest BCUT2D eigenvalue weighted by Gasteiger charge is -2.24. The van der Waals surface area contributed by atoms with Crippen molar-refractivity contribution in [2.75, 3.05) is 7.11 Å². The van der Waals surface area contributed by atoms with Crippen LogP contribution in [0.1, 0.15) is 55.8 Å². The van der Waals surface area contributed by atoms with Gasteiger partial charge in [0.1, 0.15) is 6.10 Å². The standard InChI is InChI=1S/C14H21N3O2/c1-18-12(7-2-3-7)13-16-14(19-17-13)10-8-4-5-9(6-8)11(10)15/h7-12H,2-6,15H2,1H3. The summed E-state index contributed by atoms with van der Waals surface area (Å²) in [6, 6.07) is 0.203. The van der Waals surface area contributed by atoms with E-state index in [1.54, 1.807) is 7.11 Å². The van der Waals surface area contributed by atoms with Gasteiger partial charge >= 0.3 is 0 Å². The monoisotopic (exact) mass is 263 g/mol. The van der Waals surface area contributed by atoms with E-state index < -0.39 is 0 Å². The molecule has 5 nitrogen and oxygen atoms in total. The first kappa shape index (κ1) is 11.9. The van der Waals surface area contributed by atoms with E-state index in [2.05, 4.69) is 10.1 Å². The molecule has 0 aromatic carbocycles. The van der Waals surface area contributed by atoms with Gasteiger partial charge in [0.2, 0.25) is 11.7 Å². The Morgan fingerprint density at radius 3 is 2.68 bits per heavy atom. The molecular formula is C14H21N3O2. The highest BCUT2D eigenvalue weighted by molar-refractivity contribution is 5.12. The van der Waals surface area contributed by atoms with E-state index in [0.29, 0.717) is 17.8 Å². The predicted octanol–water partition coefficient (Wildman–Crippen LogP) is 2.01. The van der Waals surface area contributed by atoms with Gasteiger partial charge in [-0.25, -0.2) is 0 Å². The van der Waals surface area contributed by atoms with Crippen LogP contribution in [0.4, 0.5) is 0 Å². The molecule has 3 fully saturated rings. The normalized spacial score (nSPS) is 38.8. The summed E-state index contributed by atoms with van der Waals surface area (Å²) in [5, 5.41) is 4.14. The van der Waals surface area contributed by atoms with Crippen LogP contribution in [0.25, 0.3) is 0 Å². The summed E-state index contributed by atoms with van der Waals surface area (Å²) < 4.78 is 11.0. The molecule has 19 heavy (non-hydrogen) atoms. The first-order valence-corrected chi connectivity index (χ1v) is 7.39. The van der Waals surface area contributed by atoms with Crippen LogP contribution in [-0.4, -0.2) is 23.3 Å². The lowest BCUT2D eigenvalue weighted by atomic mass is 9.85. The van der Waals surface area contributed by atoms with Crippen molar-refractivity contribution >= 4 is 0 Å². The van der Waals surface area contributed by atoms with Crippen molar-refractivity contribution in [3.63, 3.8) is 0 Å². The molecule has 4 rings (SSSR count). The highest BCUT2D eigenvalue weighted by Crippen LogP contribution is 2.52. The van der Waals surface area contributed by atoms with Gasteiger partial charge in [-0.3, -0.25) is 0 Å². The quantitative estimate of drug-likeness (QED) is 0.899. The van der Waals surface area contributed by atoms with Gasteiger partial charge in [0.25, 0.3) is 0 Å². The molecule has 1 aromatic heterocycles. The summed E-state index contributed by atoms with van der Waals surface area (Å²) >= 11 is 0. The molecular weight excluding hydrogens is 242 g/mol. The SMILES string of the molecule is COC(c1noc(C2C3CCC(C3)C2N)n1)C1CC1. The Bertz CT molecular complexity index is 469. The first-order chi connectivity index (χ1) is 9.28. The fourth-order valence-electron chi connectivity index (χ4n) is 4.11. The minimum Gasteiger partial charge on any atom is -0.373 e. The van der Waals surface area contributed by atoms with Gasteiger partial charge in [0.05, 0.1) is 5.92 Å². The summed E-state index contributed by atoms with van der Waals surface area (Å²) in [5.74, 6) is 3.62. The molecule has 5 unspecified atom stereocenters. The number of aromatic nitrogens is 2. The third kappa shape index (κ3) is 1.82. The lowest BCUT2D eigenvalue weighted by molar-refractivity contribution is 0.0751. The van der Waals surface area contributed by atoms with Crippen LogP contribution in [0.3, 0.4) is 0 Å². The van der Waals surface area contributed by atoms with Crippen LogP contribution < -0.4 is 5.73 Å². The second-order valence-electron chi connectivity index (χ2n) is 6.42. The summed E-state index contributed by atoms with van der Waals surface area (Å²) in [5.41, 5.74) is 6.33. The first-order valence-electron chi connectivity index (χ1n) is 7.39. The molecule has 0 spiro atoms. The summed E-state index contributed by atoms with van der Waals surface area (Å²) in [6.07, 6.45) is 6.18. The van der Waals surface area contributed by atoms with Gasteiger partial charge in [-0.05, 0) is 49.9 Å². The fourth-order valence-corrected chi connectivity index (χ4v) is 4.11. The van der Waals surface area contributed by atoms with E-state index in [1.165, 1.54) is 32.1 Å². The number of rotatable bonds is 4. The number of methoxy groups -OCH3 is 1. The zero-order chi connectivity index (χ0) is 13.0. The number of nitrogens with two attached hydrogens (primary N) is 1. The smallest absolute Gasteiger partial charge is 0.231 e. The van der Waals surface area contributed by atoms with Crippen LogP contribution in [0.2, 0.25) is 0 Å². The molecule has 3 saturated carbocycles. The van der Waals surface area contributed by atoms with Gasteiger partial charge in [-0.1, -0.05) is 5.16 Å². The minimum atomic E-state index is 0.00677. The average molecular weight is 263 g/mol. The summed E-state index contributed by atoms with van der Waals surface area (Å²) in [7, 11) is 1.72. The molecule has 5 heteroatoms. The van der Waals surface area contributed by atoms with Gasteiger partial charge in [0.15, 0.2) is 0 Å². The molecule has 1 aromatic rings. The Morgan fingerprint density at radius 1 is 1.26 bits per heavy atom. The molecule has 3 aliphatic carbocycles. The van der Waals surface area contributed by atoms with Gasteiger partial charge in [-0.2, -0.15) is 4.98 Å². The number of hydrogen-bond donors (Lipinski definition) is 1. The lowest BCUT2D eigenvalue weighted by Crippen LogP contribution is -2.34. The van der Waals surface area contributed by atoms with E-state index in [0.717, 1.165) is 11.7 Å². The molecule has 0 radical (unpaired) electrons. The summed E-state index contributed by atoms with van der Waals surface area (Å²) in [6.45, 7) is 0. The maximum Gasteiger partial charge on any atom is 0.231 e. The van der Waals surface area contributed by atoms with Crippen molar-refractivity contribution in [1.29, 1.82) is 0 Å². The van der Waals surface area contributed by atoms with Crippen molar-refractivity contribution in [2.45, 2.75) is 50.2 Å².